The molecule has 0 unspecified atom stereocenters. The van der Waals surface area contributed by atoms with Crippen molar-refractivity contribution in [1.29, 1.82) is 0 Å². The number of rotatable bonds is 7. The molecule has 0 aliphatic heterocycles. The smallest absolute Gasteiger partial charge is 0.276 e. The minimum absolute atomic E-state index is 0.292. The van der Waals surface area contributed by atoms with Crippen molar-refractivity contribution in [3.05, 3.63) is 57.5 Å². The molecule has 2 rings (SSSR count). The van der Waals surface area contributed by atoms with E-state index >= 15 is 0 Å². The molecule has 0 aliphatic rings. The third-order valence-corrected chi connectivity index (χ3v) is 4.07. The van der Waals surface area contributed by atoms with Crippen LogP contribution in [-0.4, -0.2) is 25.0 Å². The summed E-state index contributed by atoms with van der Waals surface area (Å²) in [5.74, 6) is 0.109. The van der Waals surface area contributed by atoms with Crippen molar-refractivity contribution in [2.45, 2.75) is 13.8 Å². The van der Waals surface area contributed by atoms with Crippen molar-refractivity contribution >= 4 is 39.3 Å². The molecule has 0 saturated heterocycles. The van der Waals surface area contributed by atoms with E-state index < -0.39 is 11.8 Å². The molecule has 2 aromatic carbocycles. The molecule has 2 amide bonds. The summed E-state index contributed by atoms with van der Waals surface area (Å²) in [5.41, 5.74) is 4.96. The van der Waals surface area contributed by atoms with Crippen LogP contribution in [0.1, 0.15) is 24.2 Å². The van der Waals surface area contributed by atoms with Crippen LogP contribution in [0, 0.1) is 5.92 Å². The number of ether oxygens (including phenoxy) is 2. The monoisotopic (exact) mass is 454 g/mol. The van der Waals surface area contributed by atoms with Gasteiger partial charge in [-0.3, -0.25) is 20.4 Å². The van der Waals surface area contributed by atoms with Gasteiger partial charge in [0.25, 0.3) is 11.8 Å². The molecule has 0 spiro atoms. The molecule has 2 aromatic rings. The van der Waals surface area contributed by atoms with Gasteiger partial charge in [-0.15, -0.1) is 0 Å². The third kappa shape index (κ3) is 6.77. The van der Waals surface area contributed by atoms with E-state index in [2.05, 4.69) is 26.8 Å². The fourth-order valence-corrected chi connectivity index (χ4v) is 2.55. The Bertz CT molecular complexity index is 814. The summed E-state index contributed by atoms with van der Waals surface area (Å²) >= 11 is 9.28. The van der Waals surface area contributed by atoms with Gasteiger partial charge < -0.3 is 9.47 Å². The van der Waals surface area contributed by atoms with E-state index in [1.165, 1.54) is 0 Å². The number of para-hydroxylation sites is 1. The predicted molar refractivity (Wildman–Crippen MR) is 107 cm³/mol. The van der Waals surface area contributed by atoms with Gasteiger partial charge in [0.15, 0.2) is 6.61 Å². The molecule has 6 nitrogen and oxygen atoms in total. The van der Waals surface area contributed by atoms with E-state index in [4.69, 9.17) is 21.1 Å². The summed E-state index contributed by atoms with van der Waals surface area (Å²) < 4.78 is 11.7. The summed E-state index contributed by atoms with van der Waals surface area (Å²) in [6.07, 6.45) is 0. The van der Waals surface area contributed by atoms with E-state index in [-0.39, 0.29) is 6.61 Å². The zero-order chi connectivity index (χ0) is 19.8. The van der Waals surface area contributed by atoms with Gasteiger partial charge in [-0.25, -0.2) is 0 Å². The van der Waals surface area contributed by atoms with Crippen molar-refractivity contribution in [1.82, 2.24) is 10.9 Å². The van der Waals surface area contributed by atoms with E-state index in [9.17, 15) is 9.59 Å². The molecule has 0 aliphatic carbocycles. The molecular weight excluding hydrogens is 436 g/mol. The van der Waals surface area contributed by atoms with Gasteiger partial charge in [-0.2, -0.15) is 0 Å². The normalized spacial score (nSPS) is 10.4. The highest BCUT2D eigenvalue weighted by Crippen LogP contribution is 2.24. The first-order chi connectivity index (χ1) is 12.9. The van der Waals surface area contributed by atoms with Gasteiger partial charge in [0.2, 0.25) is 0 Å². The fraction of sp³-hybridized carbons (Fsp3) is 0.263. The lowest BCUT2D eigenvalue weighted by Gasteiger charge is -2.14. The second-order valence-corrected chi connectivity index (χ2v) is 7.39. The highest BCUT2D eigenvalue weighted by Gasteiger charge is 2.15. The lowest BCUT2D eigenvalue weighted by Crippen LogP contribution is -2.44. The lowest BCUT2D eigenvalue weighted by atomic mass is 10.2. The van der Waals surface area contributed by atoms with Crippen molar-refractivity contribution in [2.75, 3.05) is 13.2 Å². The molecule has 0 bridgehead atoms. The molecule has 0 fully saturated rings. The van der Waals surface area contributed by atoms with Crippen LogP contribution in [0.4, 0.5) is 0 Å². The molecular formula is C19H20BrClN2O4. The molecule has 0 atom stereocenters. The predicted octanol–water partition coefficient (Wildman–Crippen LogP) is 3.98. The first-order valence-corrected chi connectivity index (χ1v) is 9.42. The molecule has 27 heavy (non-hydrogen) atoms. The number of benzene rings is 2. The Labute approximate surface area is 171 Å². The maximum atomic E-state index is 12.4. The van der Waals surface area contributed by atoms with Crippen molar-refractivity contribution < 1.29 is 19.1 Å². The maximum absolute atomic E-state index is 12.4. The van der Waals surface area contributed by atoms with Gasteiger partial charge >= 0.3 is 0 Å². The molecule has 144 valence electrons. The van der Waals surface area contributed by atoms with E-state index in [0.29, 0.717) is 34.6 Å². The number of halogens is 2. The number of hydrazine groups is 1. The largest absolute Gasteiger partial charge is 0.492 e. The van der Waals surface area contributed by atoms with Crippen LogP contribution < -0.4 is 20.3 Å². The van der Waals surface area contributed by atoms with Gasteiger partial charge in [0.1, 0.15) is 11.5 Å². The number of hydrogen-bond acceptors (Lipinski definition) is 4. The minimum atomic E-state index is -0.525. The van der Waals surface area contributed by atoms with Crippen LogP contribution >= 0.6 is 27.5 Å². The second kappa shape index (κ2) is 10.2. The molecule has 0 aromatic heterocycles. The van der Waals surface area contributed by atoms with Crippen LogP contribution in [0.25, 0.3) is 0 Å². The lowest BCUT2D eigenvalue weighted by molar-refractivity contribution is -0.123. The zero-order valence-corrected chi connectivity index (χ0v) is 17.3. The zero-order valence-electron chi connectivity index (χ0n) is 14.9. The Morgan fingerprint density at radius 3 is 2.52 bits per heavy atom. The summed E-state index contributed by atoms with van der Waals surface area (Å²) in [5, 5.41) is 0.399. The van der Waals surface area contributed by atoms with Gasteiger partial charge in [-0.05, 0) is 36.2 Å². The van der Waals surface area contributed by atoms with Crippen molar-refractivity contribution in [3.63, 3.8) is 0 Å². The minimum Gasteiger partial charge on any atom is -0.492 e. The van der Waals surface area contributed by atoms with Crippen molar-refractivity contribution in [2.24, 2.45) is 5.92 Å². The molecule has 0 saturated carbocycles. The Morgan fingerprint density at radius 2 is 1.81 bits per heavy atom. The van der Waals surface area contributed by atoms with Crippen LogP contribution in [-0.2, 0) is 4.79 Å². The number of amides is 2. The van der Waals surface area contributed by atoms with E-state index in [1.807, 2.05) is 13.8 Å². The Morgan fingerprint density at radius 1 is 1.07 bits per heavy atom. The Hall–Kier alpha value is -2.25. The highest BCUT2D eigenvalue weighted by atomic mass is 79.9. The molecule has 8 heteroatoms. The number of carbonyl (C=O) groups is 2. The van der Waals surface area contributed by atoms with E-state index in [0.717, 1.165) is 4.47 Å². The van der Waals surface area contributed by atoms with Crippen LogP contribution in [0.5, 0.6) is 11.5 Å². The topological polar surface area (TPSA) is 76.7 Å². The van der Waals surface area contributed by atoms with E-state index in [1.54, 1.807) is 42.5 Å². The number of hydrogen-bond donors (Lipinski definition) is 2. The van der Waals surface area contributed by atoms with Crippen LogP contribution in [0.2, 0.25) is 5.02 Å². The first-order valence-electron chi connectivity index (χ1n) is 8.25. The maximum Gasteiger partial charge on any atom is 0.276 e. The standard InChI is InChI=1S/C19H20BrClN2O4/c1-12(2)10-26-16-8-7-13(20)9-14(16)19(25)23-22-18(24)11-27-17-6-4-3-5-15(17)21/h3-9,12H,10-11H2,1-2H3,(H,22,24)(H,23,25). The van der Waals surface area contributed by atoms with Gasteiger partial charge in [0, 0.05) is 4.47 Å². The quantitative estimate of drug-likeness (QED) is 0.619. The summed E-state index contributed by atoms with van der Waals surface area (Å²) in [6.45, 7) is 4.20. The van der Waals surface area contributed by atoms with Crippen LogP contribution in [0.3, 0.4) is 0 Å². The Balaban J connectivity index is 1.92. The SMILES string of the molecule is CC(C)COc1ccc(Br)cc1C(=O)NNC(=O)COc1ccccc1Cl. The van der Waals surface area contributed by atoms with Crippen LogP contribution in [0.15, 0.2) is 46.9 Å². The number of nitrogens with one attached hydrogen (secondary N) is 2. The number of carbonyl (C=O) groups excluding carboxylic acids is 2. The fourth-order valence-electron chi connectivity index (χ4n) is 2.00. The van der Waals surface area contributed by atoms with Gasteiger partial charge in [-0.1, -0.05) is 53.5 Å². The average molecular weight is 456 g/mol. The van der Waals surface area contributed by atoms with Gasteiger partial charge in [0.05, 0.1) is 17.2 Å². The second-order valence-electron chi connectivity index (χ2n) is 6.07. The van der Waals surface area contributed by atoms with Crippen molar-refractivity contribution in [3.8, 4) is 11.5 Å². The highest BCUT2D eigenvalue weighted by molar-refractivity contribution is 9.10. The first kappa shape index (κ1) is 21.1. The third-order valence-electron chi connectivity index (χ3n) is 3.27. The Kier molecular flexibility index (Phi) is 7.94. The molecule has 0 radical (unpaired) electrons. The molecule has 2 N–H and O–H groups in total. The molecule has 0 heterocycles. The average Bonchev–Trinajstić information content (AvgIpc) is 2.64. The summed E-state index contributed by atoms with van der Waals surface area (Å²) in [4.78, 5) is 24.3. The summed E-state index contributed by atoms with van der Waals surface area (Å²) in [6, 6.07) is 11.9. The summed E-state index contributed by atoms with van der Waals surface area (Å²) in [7, 11) is 0.